The highest BCUT2D eigenvalue weighted by Gasteiger charge is 2.06. The second-order valence-corrected chi connectivity index (χ2v) is 5.77. The highest BCUT2D eigenvalue weighted by molar-refractivity contribution is 7.86. The van der Waals surface area contributed by atoms with Gasteiger partial charge in [-0.3, -0.25) is 0 Å². The van der Waals surface area contributed by atoms with Crippen molar-refractivity contribution >= 4 is 21.7 Å². The van der Waals surface area contributed by atoms with Gasteiger partial charge in [0.1, 0.15) is 5.75 Å². The Morgan fingerprint density at radius 1 is 1.00 bits per heavy atom. The van der Waals surface area contributed by atoms with E-state index >= 15 is 0 Å². The molecule has 0 aliphatic carbocycles. The first kappa shape index (κ1) is 12.9. The smallest absolute Gasteiger partial charge is 0.306 e. The van der Waals surface area contributed by atoms with E-state index in [1.807, 2.05) is 18.2 Å². The molecule has 0 amide bonds. The topological polar surface area (TPSA) is 43.4 Å². The molecular formula is C13H11ClO3S. The van der Waals surface area contributed by atoms with Crippen molar-refractivity contribution in [3.63, 3.8) is 0 Å². The molecule has 0 heterocycles. The predicted octanol–water partition coefficient (Wildman–Crippen LogP) is 3.35. The van der Waals surface area contributed by atoms with Crippen LogP contribution < -0.4 is 4.18 Å². The fourth-order valence-electron chi connectivity index (χ4n) is 1.56. The van der Waals surface area contributed by atoms with E-state index < -0.39 is 10.1 Å². The zero-order valence-electron chi connectivity index (χ0n) is 9.63. The van der Waals surface area contributed by atoms with Crippen molar-refractivity contribution in [2.24, 2.45) is 0 Å². The van der Waals surface area contributed by atoms with E-state index in [1.165, 1.54) is 0 Å². The minimum absolute atomic E-state index is 0.285. The lowest BCUT2D eigenvalue weighted by Gasteiger charge is -2.06. The molecule has 0 aliphatic rings. The molecule has 0 saturated carbocycles. The van der Waals surface area contributed by atoms with Gasteiger partial charge in [0.05, 0.1) is 6.26 Å². The SMILES string of the molecule is CS(=O)(=O)Oc1ccc(-c2ccccc2Cl)cc1. The summed E-state index contributed by atoms with van der Waals surface area (Å²) in [4.78, 5) is 0. The Balaban J connectivity index is 2.31. The molecule has 2 rings (SSSR count). The largest absolute Gasteiger partial charge is 0.383 e. The summed E-state index contributed by atoms with van der Waals surface area (Å²) in [7, 11) is -3.49. The van der Waals surface area contributed by atoms with Crippen LogP contribution in [0.2, 0.25) is 5.02 Å². The first-order valence-electron chi connectivity index (χ1n) is 5.20. The molecule has 94 valence electrons. The van der Waals surface area contributed by atoms with E-state index in [9.17, 15) is 8.42 Å². The summed E-state index contributed by atoms with van der Waals surface area (Å²) in [6, 6.07) is 14.2. The maximum absolute atomic E-state index is 11.0. The van der Waals surface area contributed by atoms with Crippen molar-refractivity contribution in [3.8, 4) is 16.9 Å². The van der Waals surface area contributed by atoms with Gasteiger partial charge < -0.3 is 4.18 Å². The Bertz CT molecular complexity index is 648. The van der Waals surface area contributed by atoms with Crippen LogP contribution in [0, 0.1) is 0 Å². The van der Waals surface area contributed by atoms with Crippen LogP contribution in [0.4, 0.5) is 0 Å². The molecule has 2 aromatic carbocycles. The van der Waals surface area contributed by atoms with Gasteiger partial charge in [-0.25, -0.2) is 0 Å². The van der Waals surface area contributed by atoms with Gasteiger partial charge >= 0.3 is 10.1 Å². The van der Waals surface area contributed by atoms with E-state index in [0.717, 1.165) is 17.4 Å². The zero-order valence-corrected chi connectivity index (χ0v) is 11.2. The van der Waals surface area contributed by atoms with Gasteiger partial charge in [-0.2, -0.15) is 8.42 Å². The molecule has 0 aromatic heterocycles. The third-order valence-corrected chi connectivity index (χ3v) is 3.11. The molecule has 2 aromatic rings. The molecule has 18 heavy (non-hydrogen) atoms. The summed E-state index contributed by atoms with van der Waals surface area (Å²) < 4.78 is 26.7. The molecule has 0 aliphatic heterocycles. The van der Waals surface area contributed by atoms with Crippen LogP contribution in [0.3, 0.4) is 0 Å². The summed E-state index contributed by atoms with van der Waals surface area (Å²) >= 11 is 6.08. The molecule has 0 saturated heterocycles. The molecule has 0 spiro atoms. The van der Waals surface area contributed by atoms with Gasteiger partial charge in [0.15, 0.2) is 0 Å². The fraction of sp³-hybridized carbons (Fsp3) is 0.0769. The minimum atomic E-state index is -3.49. The molecular weight excluding hydrogens is 272 g/mol. The van der Waals surface area contributed by atoms with Crippen LogP contribution in [0.25, 0.3) is 11.1 Å². The Morgan fingerprint density at radius 3 is 2.17 bits per heavy atom. The predicted molar refractivity (Wildman–Crippen MR) is 72.4 cm³/mol. The molecule has 0 radical (unpaired) electrons. The van der Waals surface area contributed by atoms with Crippen LogP contribution in [0.1, 0.15) is 0 Å². The van der Waals surface area contributed by atoms with Crippen LogP contribution >= 0.6 is 11.6 Å². The normalized spacial score (nSPS) is 11.2. The number of benzene rings is 2. The van der Waals surface area contributed by atoms with Crippen molar-refractivity contribution in [2.75, 3.05) is 6.26 Å². The third-order valence-electron chi connectivity index (χ3n) is 2.29. The summed E-state index contributed by atoms with van der Waals surface area (Å²) in [5.74, 6) is 0.285. The lowest BCUT2D eigenvalue weighted by atomic mass is 10.1. The van der Waals surface area contributed by atoms with Gasteiger partial charge in [-0.1, -0.05) is 41.9 Å². The van der Waals surface area contributed by atoms with Crippen molar-refractivity contribution in [1.82, 2.24) is 0 Å². The van der Waals surface area contributed by atoms with Crippen LogP contribution in [-0.4, -0.2) is 14.7 Å². The molecule has 0 bridgehead atoms. The Kier molecular flexibility index (Phi) is 3.59. The van der Waals surface area contributed by atoms with Crippen LogP contribution in [-0.2, 0) is 10.1 Å². The zero-order chi connectivity index (χ0) is 13.2. The average molecular weight is 283 g/mol. The third kappa shape index (κ3) is 3.24. The van der Waals surface area contributed by atoms with Crippen molar-refractivity contribution < 1.29 is 12.6 Å². The van der Waals surface area contributed by atoms with Gasteiger partial charge in [0.25, 0.3) is 0 Å². The number of hydrogen-bond donors (Lipinski definition) is 0. The molecule has 0 atom stereocenters. The maximum atomic E-state index is 11.0. The van der Waals surface area contributed by atoms with E-state index in [-0.39, 0.29) is 5.75 Å². The van der Waals surface area contributed by atoms with E-state index in [4.69, 9.17) is 15.8 Å². The van der Waals surface area contributed by atoms with E-state index in [1.54, 1.807) is 30.3 Å². The monoisotopic (exact) mass is 282 g/mol. The average Bonchev–Trinajstić information content (AvgIpc) is 2.29. The maximum Gasteiger partial charge on any atom is 0.306 e. The lowest BCUT2D eigenvalue weighted by Crippen LogP contribution is -2.05. The molecule has 0 fully saturated rings. The molecule has 3 nitrogen and oxygen atoms in total. The van der Waals surface area contributed by atoms with E-state index in [2.05, 4.69) is 0 Å². The first-order chi connectivity index (χ1) is 8.46. The second kappa shape index (κ2) is 5.00. The number of rotatable bonds is 3. The summed E-state index contributed by atoms with van der Waals surface area (Å²) in [6.07, 6.45) is 1.01. The Hall–Kier alpha value is -1.52. The minimum Gasteiger partial charge on any atom is -0.383 e. The first-order valence-corrected chi connectivity index (χ1v) is 7.39. The fourth-order valence-corrected chi connectivity index (χ4v) is 2.27. The highest BCUT2D eigenvalue weighted by atomic mass is 35.5. The van der Waals surface area contributed by atoms with E-state index in [0.29, 0.717) is 5.02 Å². The standard InChI is InChI=1S/C13H11ClO3S/c1-18(15,16)17-11-8-6-10(7-9-11)12-4-2-3-5-13(12)14/h2-9H,1H3. The molecule has 0 unspecified atom stereocenters. The van der Waals surface area contributed by atoms with Crippen LogP contribution in [0.15, 0.2) is 48.5 Å². The Labute approximate surface area is 111 Å². The van der Waals surface area contributed by atoms with Crippen molar-refractivity contribution in [2.45, 2.75) is 0 Å². The van der Waals surface area contributed by atoms with Gasteiger partial charge in [-0.15, -0.1) is 0 Å². The van der Waals surface area contributed by atoms with Crippen molar-refractivity contribution in [1.29, 1.82) is 0 Å². The van der Waals surface area contributed by atoms with Gasteiger partial charge in [-0.05, 0) is 23.8 Å². The molecule has 5 heteroatoms. The summed E-state index contributed by atoms with van der Waals surface area (Å²) in [6.45, 7) is 0. The van der Waals surface area contributed by atoms with Crippen molar-refractivity contribution in [3.05, 3.63) is 53.6 Å². The lowest BCUT2D eigenvalue weighted by molar-refractivity contribution is 0.493. The summed E-state index contributed by atoms with van der Waals surface area (Å²) in [5, 5.41) is 0.647. The van der Waals surface area contributed by atoms with Gasteiger partial charge in [0, 0.05) is 10.6 Å². The molecule has 0 N–H and O–H groups in total. The summed E-state index contributed by atoms with van der Waals surface area (Å²) in [5.41, 5.74) is 1.80. The number of halogens is 1. The second-order valence-electron chi connectivity index (χ2n) is 3.79. The highest BCUT2D eigenvalue weighted by Crippen LogP contribution is 2.28. The quantitative estimate of drug-likeness (QED) is 0.811. The number of hydrogen-bond acceptors (Lipinski definition) is 3. The van der Waals surface area contributed by atoms with Gasteiger partial charge in [0.2, 0.25) is 0 Å². The Morgan fingerprint density at radius 2 is 1.61 bits per heavy atom. The van der Waals surface area contributed by atoms with Crippen LogP contribution in [0.5, 0.6) is 5.75 Å².